The fraction of sp³-hybridized carbons (Fsp3) is 0.942. The second-order valence-electron chi connectivity index (χ2n) is 25.9. The third-order valence-corrected chi connectivity index (χ3v) is 18.5. The van der Waals surface area contributed by atoms with Crippen LogP contribution in [0.2, 0.25) is 0 Å². The smallest absolute Gasteiger partial charge is 0.462 e. The number of carbonyl (C=O) groups is 4. The number of esters is 4. The largest absolute Gasteiger partial charge is 0.472 e. The summed E-state index contributed by atoms with van der Waals surface area (Å²) in [5.74, 6) is 0.132. The number of aliphatic hydroxyl groups excluding tert-OH is 1. The number of hydrogen-bond donors (Lipinski definition) is 3. The van der Waals surface area contributed by atoms with Crippen molar-refractivity contribution in [3.8, 4) is 0 Å². The van der Waals surface area contributed by atoms with Gasteiger partial charge < -0.3 is 33.8 Å². The van der Waals surface area contributed by atoms with Gasteiger partial charge in [-0.25, -0.2) is 9.13 Å². The Morgan fingerprint density at radius 3 is 0.864 bits per heavy atom. The van der Waals surface area contributed by atoms with Crippen LogP contribution in [0, 0.1) is 17.8 Å². The lowest BCUT2D eigenvalue weighted by molar-refractivity contribution is -0.161. The van der Waals surface area contributed by atoms with Crippen LogP contribution < -0.4 is 0 Å². The summed E-state index contributed by atoms with van der Waals surface area (Å²) in [5, 5.41) is 10.5. The molecule has 0 rings (SSSR count). The Morgan fingerprint density at radius 2 is 0.580 bits per heavy atom. The summed E-state index contributed by atoms with van der Waals surface area (Å²) in [6, 6.07) is 0. The molecule has 4 unspecified atom stereocenters. The molecule has 0 spiro atoms. The molecule has 7 atom stereocenters. The molecule has 0 bridgehead atoms. The van der Waals surface area contributed by atoms with Gasteiger partial charge in [-0.15, -0.1) is 0 Å². The maximum Gasteiger partial charge on any atom is 0.472 e. The maximum absolute atomic E-state index is 13.0. The van der Waals surface area contributed by atoms with E-state index < -0.39 is 97.5 Å². The number of phosphoric acid groups is 2. The molecule has 0 aliphatic carbocycles. The van der Waals surface area contributed by atoms with Crippen molar-refractivity contribution in [2.75, 3.05) is 39.6 Å². The van der Waals surface area contributed by atoms with Gasteiger partial charge >= 0.3 is 39.5 Å². The molecule has 3 N–H and O–H groups in total. The van der Waals surface area contributed by atoms with Crippen LogP contribution in [0.15, 0.2) is 0 Å². The zero-order valence-electron chi connectivity index (χ0n) is 57.2. The minimum Gasteiger partial charge on any atom is -0.462 e. The Morgan fingerprint density at radius 1 is 0.330 bits per heavy atom. The Balaban J connectivity index is 5.10. The maximum atomic E-state index is 13.0. The van der Waals surface area contributed by atoms with Crippen LogP contribution in [-0.2, 0) is 65.4 Å². The molecule has 0 fully saturated rings. The van der Waals surface area contributed by atoms with Crippen molar-refractivity contribution in [1.29, 1.82) is 0 Å². The lowest BCUT2D eigenvalue weighted by Crippen LogP contribution is -2.30. The molecule has 0 saturated carbocycles. The van der Waals surface area contributed by atoms with E-state index in [0.717, 1.165) is 121 Å². The van der Waals surface area contributed by atoms with E-state index in [1.54, 1.807) is 0 Å². The van der Waals surface area contributed by atoms with E-state index in [0.29, 0.717) is 31.6 Å². The number of carbonyl (C=O) groups excluding carboxylic acids is 4. The Bertz CT molecular complexity index is 1740. The molecule has 0 saturated heterocycles. The Kier molecular flexibility index (Phi) is 58.7. The van der Waals surface area contributed by atoms with Crippen molar-refractivity contribution >= 4 is 39.5 Å². The predicted octanol–water partition coefficient (Wildman–Crippen LogP) is 19.5. The van der Waals surface area contributed by atoms with Gasteiger partial charge in [-0.05, 0) is 43.4 Å². The van der Waals surface area contributed by atoms with E-state index >= 15 is 0 Å². The number of ether oxygens (including phenoxy) is 4. The standard InChI is InChI=1S/C69H134O17P2/c1-8-11-12-13-26-36-43-50-66(71)79-56-65(86-69(74)53-46-39-31-29-33-40-47-60(4)5)59-84-88(77,78)82-55-63(70)54-81-87(75,76)83-58-64(57-80-67(72)51-44-37-32-30-35-42-49-62(7)10-3)85-68(73)52-45-38-28-25-23-21-19-17-15-14-16-18-20-22-24-27-34-41-48-61(6)9-2/h60-65,70H,8-59H2,1-7H3,(H,75,76)(H,77,78)/t61?,62?,63-,64-,65-/m1/s1. The summed E-state index contributed by atoms with van der Waals surface area (Å²) < 4.78 is 68.0. The monoisotopic (exact) mass is 1300 g/mol. The highest BCUT2D eigenvalue weighted by atomic mass is 31.2. The van der Waals surface area contributed by atoms with Crippen molar-refractivity contribution in [3.63, 3.8) is 0 Å². The van der Waals surface area contributed by atoms with Crippen LogP contribution in [0.5, 0.6) is 0 Å². The quantitative estimate of drug-likeness (QED) is 0.0222. The van der Waals surface area contributed by atoms with E-state index in [1.165, 1.54) is 135 Å². The van der Waals surface area contributed by atoms with Crippen LogP contribution in [0.25, 0.3) is 0 Å². The number of aliphatic hydroxyl groups is 1. The lowest BCUT2D eigenvalue weighted by Gasteiger charge is -2.21. The van der Waals surface area contributed by atoms with Gasteiger partial charge in [0, 0.05) is 25.7 Å². The molecule has 19 heteroatoms. The Labute approximate surface area is 537 Å². The SMILES string of the molecule is CCCCCCCCCC(=O)OC[C@H](COP(=O)(O)OC[C@H](O)COP(=O)(O)OC[C@@H](COC(=O)CCCCCCCCC(C)CC)OC(=O)CCCCCCCCCCCCCCCCCCCCC(C)CC)OC(=O)CCCCCCCCC(C)C. The molecule has 88 heavy (non-hydrogen) atoms. The molecule has 522 valence electrons. The molecular formula is C69H134O17P2. The van der Waals surface area contributed by atoms with Crippen LogP contribution in [0.1, 0.15) is 344 Å². The van der Waals surface area contributed by atoms with E-state index in [1.807, 2.05) is 0 Å². The van der Waals surface area contributed by atoms with Crippen LogP contribution in [-0.4, -0.2) is 96.7 Å². The molecule has 0 amide bonds. The van der Waals surface area contributed by atoms with Gasteiger partial charge in [0.15, 0.2) is 12.2 Å². The number of unbranched alkanes of at least 4 members (excludes halogenated alkanes) is 33. The third-order valence-electron chi connectivity index (χ3n) is 16.6. The lowest BCUT2D eigenvalue weighted by atomic mass is 9.99. The zero-order chi connectivity index (χ0) is 65.2. The van der Waals surface area contributed by atoms with Gasteiger partial charge in [0.2, 0.25) is 0 Å². The van der Waals surface area contributed by atoms with Gasteiger partial charge in [0.1, 0.15) is 19.3 Å². The molecule has 0 aliphatic rings. The van der Waals surface area contributed by atoms with Crippen molar-refractivity contribution in [2.45, 2.75) is 362 Å². The minimum absolute atomic E-state index is 0.101. The minimum atomic E-state index is -4.95. The molecule has 0 heterocycles. The topological polar surface area (TPSA) is 237 Å². The summed E-state index contributed by atoms with van der Waals surface area (Å²) in [7, 11) is -9.89. The number of hydrogen-bond acceptors (Lipinski definition) is 15. The highest BCUT2D eigenvalue weighted by molar-refractivity contribution is 7.47. The Hall–Kier alpha value is -1.94. The first-order valence-corrected chi connectivity index (χ1v) is 38.9. The zero-order valence-corrected chi connectivity index (χ0v) is 59.0. The number of rotatable bonds is 67. The third kappa shape index (κ3) is 60.3. The second kappa shape index (κ2) is 60.0. The van der Waals surface area contributed by atoms with Crippen LogP contribution >= 0.6 is 15.6 Å². The van der Waals surface area contributed by atoms with E-state index in [2.05, 4.69) is 48.5 Å². The molecule has 0 aromatic heterocycles. The number of phosphoric ester groups is 2. The normalized spacial score (nSPS) is 14.9. The highest BCUT2D eigenvalue weighted by Crippen LogP contribution is 2.45. The fourth-order valence-corrected chi connectivity index (χ4v) is 11.9. The summed E-state index contributed by atoms with van der Waals surface area (Å²) in [6.07, 6.45) is 43.6. The van der Waals surface area contributed by atoms with Gasteiger partial charge in [-0.2, -0.15) is 0 Å². The van der Waals surface area contributed by atoms with Crippen LogP contribution in [0.4, 0.5) is 0 Å². The highest BCUT2D eigenvalue weighted by Gasteiger charge is 2.30. The van der Waals surface area contributed by atoms with E-state index in [-0.39, 0.29) is 25.7 Å². The average molecular weight is 1300 g/mol. The van der Waals surface area contributed by atoms with Crippen LogP contribution in [0.3, 0.4) is 0 Å². The van der Waals surface area contributed by atoms with Crippen molar-refractivity contribution in [1.82, 2.24) is 0 Å². The van der Waals surface area contributed by atoms with E-state index in [9.17, 15) is 43.2 Å². The van der Waals surface area contributed by atoms with Gasteiger partial charge in [-0.3, -0.25) is 37.3 Å². The molecular weight excluding hydrogens is 1160 g/mol. The summed E-state index contributed by atoms with van der Waals surface area (Å²) in [5.41, 5.74) is 0. The summed E-state index contributed by atoms with van der Waals surface area (Å²) >= 11 is 0. The van der Waals surface area contributed by atoms with Gasteiger partial charge in [0.05, 0.1) is 26.4 Å². The molecule has 17 nitrogen and oxygen atoms in total. The molecule has 0 aliphatic heterocycles. The fourth-order valence-electron chi connectivity index (χ4n) is 10.3. The molecule has 0 radical (unpaired) electrons. The van der Waals surface area contributed by atoms with E-state index in [4.69, 9.17) is 37.0 Å². The van der Waals surface area contributed by atoms with Gasteiger partial charge in [0.25, 0.3) is 0 Å². The first-order valence-electron chi connectivity index (χ1n) is 35.9. The van der Waals surface area contributed by atoms with Crippen molar-refractivity contribution < 1.29 is 80.2 Å². The first kappa shape index (κ1) is 86.1. The first-order chi connectivity index (χ1) is 42.3. The predicted molar refractivity (Wildman–Crippen MR) is 354 cm³/mol. The van der Waals surface area contributed by atoms with Crippen molar-refractivity contribution in [3.05, 3.63) is 0 Å². The van der Waals surface area contributed by atoms with Gasteiger partial charge in [-0.1, -0.05) is 292 Å². The molecule has 0 aromatic carbocycles. The van der Waals surface area contributed by atoms with Crippen molar-refractivity contribution in [2.24, 2.45) is 17.8 Å². The summed E-state index contributed by atoms with van der Waals surface area (Å²) in [4.78, 5) is 72.2. The average Bonchev–Trinajstić information content (AvgIpc) is 3.50. The molecule has 0 aromatic rings. The second-order valence-corrected chi connectivity index (χ2v) is 28.8. The summed E-state index contributed by atoms with van der Waals surface area (Å²) in [6.45, 7) is 11.7.